The van der Waals surface area contributed by atoms with Gasteiger partial charge in [-0.3, -0.25) is 4.79 Å². The van der Waals surface area contributed by atoms with E-state index in [1.54, 1.807) is 0 Å². The Morgan fingerprint density at radius 2 is 1.95 bits per heavy atom. The minimum Gasteiger partial charge on any atom is -0.368 e. The number of nitrogens with one attached hydrogen (secondary N) is 1. The standard InChI is InChI=1S/C17H25N3O/c1-13-5-3-7-16(14(13)2)19-9-11-20(12-10-19)17(21)15-6-4-8-18-15/h3,5,7,15,18H,4,6,8-12H2,1-2H3/t15-/m0/s1. The lowest BCUT2D eigenvalue weighted by Crippen LogP contribution is -2.53. The Morgan fingerprint density at radius 1 is 1.19 bits per heavy atom. The molecule has 4 heteroatoms. The molecule has 0 saturated carbocycles. The quantitative estimate of drug-likeness (QED) is 0.899. The summed E-state index contributed by atoms with van der Waals surface area (Å²) >= 11 is 0. The maximum atomic E-state index is 12.4. The van der Waals surface area contributed by atoms with Crippen LogP contribution in [-0.2, 0) is 4.79 Å². The molecule has 1 atom stereocenters. The maximum absolute atomic E-state index is 12.4. The lowest BCUT2D eigenvalue weighted by Gasteiger charge is -2.38. The van der Waals surface area contributed by atoms with E-state index in [1.807, 2.05) is 4.90 Å². The summed E-state index contributed by atoms with van der Waals surface area (Å²) in [5.74, 6) is 0.299. The van der Waals surface area contributed by atoms with E-state index in [0.29, 0.717) is 5.91 Å². The number of hydrogen-bond donors (Lipinski definition) is 1. The van der Waals surface area contributed by atoms with Crippen molar-refractivity contribution in [2.24, 2.45) is 0 Å². The number of amides is 1. The van der Waals surface area contributed by atoms with Crippen molar-refractivity contribution < 1.29 is 4.79 Å². The molecule has 1 aromatic carbocycles. The van der Waals surface area contributed by atoms with Crippen molar-refractivity contribution in [1.29, 1.82) is 0 Å². The maximum Gasteiger partial charge on any atom is 0.239 e. The van der Waals surface area contributed by atoms with Gasteiger partial charge in [-0.1, -0.05) is 12.1 Å². The minimum atomic E-state index is 0.0669. The Morgan fingerprint density at radius 3 is 2.62 bits per heavy atom. The fourth-order valence-electron chi connectivity index (χ4n) is 3.36. The molecule has 0 bridgehead atoms. The van der Waals surface area contributed by atoms with Crippen LogP contribution in [0.2, 0.25) is 0 Å². The van der Waals surface area contributed by atoms with Crippen LogP contribution in [0.3, 0.4) is 0 Å². The summed E-state index contributed by atoms with van der Waals surface area (Å²) in [4.78, 5) is 16.9. The van der Waals surface area contributed by atoms with Crippen molar-refractivity contribution in [2.75, 3.05) is 37.6 Å². The number of hydrogen-bond acceptors (Lipinski definition) is 3. The van der Waals surface area contributed by atoms with Crippen LogP contribution in [0.25, 0.3) is 0 Å². The summed E-state index contributed by atoms with van der Waals surface area (Å²) in [6, 6.07) is 6.54. The van der Waals surface area contributed by atoms with Crippen molar-refractivity contribution in [3.63, 3.8) is 0 Å². The largest absolute Gasteiger partial charge is 0.368 e. The van der Waals surface area contributed by atoms with Gasteiger partial charge in [0.15, 0.2) is 0 Å². The van der Waals surface area contributed by atoms with E-state index in [0.717, 1.165) is 45.6 Å². The van der Waals surface area contributed by atoms with Crippen LogP contribution in [0, 0.1) is 13.8 Å². The first-order chi connectivity index (χ1) is 10.2. The Hall–Kier alpha value is -1.55. The van der Waals surface area contributed by atoms with Gasteiger partial charge in [0.25, 0.3) is 0 Å². The third-order valence-electron chi connectivity index (χ3n) is 4.87. The first kappa shape index (κ1) is 14.4. The molecule has 2 fully saturated rings. The molecule has 0 radical (unpaired) electrons. The number of nitrogens with zero attached hydrogens (tertiary/aromatic N) is 2. The van der Waals surface area contributed by atoms with E-state index in [2.05, 4.69) is 42.3 Å². The smallest absolute Gasteiger partial charge is 0.239 e. The van der Waals surface area contributed by atoms with Crippen molar-refractivity contribution in [3.05, 3.63) is 29.3 Å². The molecular weight excluding hydrogens is 262 g/mol. The van der Waals surface area contributed by atoms with Crippen LogP contribution in [0.4, 0.5) is 5.69 Å². The minimum absolute atomic E-state index is 0.0669. The Labute approximate surface area is 127 Å². The zero-order valence-corrected chi connectivity index (χ0v) is 13.1. The highest BCUT2D eigenvalue weighted by Gasteiger charge is 2.29. The van der Waals surface area contributed by atoms with Gasteiger partial charge in [-0.2, -0.15) is 0 Å². The number of anilines is 1. The summed E-state index contributed by atoms with van der Waals surface area (Å²) in [5, 5.41) is 3.31. The van der Waals surface area contributed by atoms with Gasteiger partial charge in [-0.15, -0.1) is 0 Å². The molecule has 21 heavy (non-hydrogen) atoms. The molecule has 4 nitrogen and oxygen atoms in total. The first-order valence-electron chi connectivity index (χ1n) is 8.00. The molecule has 1 aromatic rings. The summed E-state index contributed by atoms with van der Waals surface area (Å²) in [5.41, 5.74) is 4.01. The average molecular weight is 287 g/mol. The molecule has 0 unspecified atom stereocenters. The summed E-state index contributed by atoms with van der Waals surface area (Å²) in [7, 11) is 0. The average Bonchev–Trinajstić information content (AvgIpc) is 3.04. The van der Waals surface area contributed by atoms with Gasteiger partial charge in [0.05, 0.1) is 6.04 Å². The number of rotatable bonds is 2. The van der Waals surface area contributed by atoms with E-state index in [-0.39, 0.29) is 6.04 Å². The molecule has 0 aromatic heterocycles. The van der Waals surface area contributed by atoms with E-state index < -0.39 is 0 Å². The van der Waals surface area contributed by atoms with Gasteiger partial charge in [0, 0.05) is 31.9 Å². The fraction of sp³-hybridized carbons (Fsp3) is 0.588. The van der Waals surface area contributed by atoms with E-state index in [1.165, 1.54) is 16.8 Å². The molecule has 1 amide bonds. The zero-order valence-electron chi connectivity index (χ0n) is 13.1. The molecule has 2 saturated heterocycles. The first-order valence-corrected chi connectivity index (χ1v) is 8.00. The molecule has 3 rings (SSSR count). The number of carbonyl (C=O) groups excluding carboxylic acids is 1. The van der Waals surface area contributed by atoms with Crippen LogP contribution >= 0.6 is 0 Å². The number of aryl methyl sites for hydroxylation is 1. The van der Waals surface area contributed by atoms with Crippen LogP contribution in [-0.4, -0.2) is 49.6 Å². The van der Waals surface area contributed by atoms with E-state index >= 15 is 0 Å². The highest BCUT2D eigenvalue weighted by Crippen LogP contribution is 2.24. The van der Waals surface area contributed by atoms with Gasteiger partial charge in [0.1, 0.15) is 0 Å². The van der Waals surface area contributed by atoms with Crippen molar-refractivity contribution in [2.45, 2.75) is 32.7 Å². The Balaban J connectivity index is 1.62. The van der Waals surface area contributed by atoms with Crippen molar-refractivity contribution in [3.8, 4) is 0 Å². The van der Waals surface area contributed by atoms with Crippen LogP contribution in [0.5, 0.6) is 0 Å². The van der Waals surface area contributed by atoms with Crippen LogP contribution in [0.1, 0.15) is 24.0 Å². The molecule has 2 aliphatic rings. The molecule has 0 aliphatic carbocycles. The highest BCUT2D eigenvalue weighted by molar-refractivity contribution is 5.82. The number of carbonyl (C=O) groups is 1. The summed E-state index contributed by atoms with van der Waals surface area (Å²) in [6.45, 7) is 8.87. The highest BCUT2D eigenvalue weighted by atomic mass is 16.2. The topological polar surface area (TPSA) is 35.6 Å². The lowest BCUT2D eigenvalue weighted by atomic mass is 10.1. The second kappa shape index (κ2) is 6.06. The van der Waals surface area contributed by atoms with Crippen molar-refractivity contribution in [1.82, 2.24) is 10.2 Å². The van der Waals surface area contributed by atoms with Gasteiger partial charge in [0.2, 0.25) is 5.91 Å². The molecule has 2 aliphatic heterocycles. The van der Waals surface area contributed by atoms with Gasteiger partial charge in [-0.05, 0) is 50.4 Å². The monoisotopic (exact) mass is 287 g/mol. The third-order valence-corrected chi connectivity index (χ3v) is 4.87. The molecule has 114 valence electrons. The molecular formula is C17H25N3O. The van der Waals surface area contributed by atoms with Gasteiger partial charge < -0.3 is 15.1 Å². The van der Waals surface area contributed by atoms with Crippen LogP contribution in [0.15, 0.2) is 18.2 Å². The molecule has 1 N–H and O–H groups in total. The molecule has 0 spiro atoms. The van der Waals surface area contributed by atoms with E-state index in [9.17, 15) is 4.79 Å². The predicted molar refractivity (Wildman–Crippen MR) is 85.7 cm³/mol. The van der Waals surface area contributed by atoms with E-state index in [4.69, 9.17) is 0 Å². The lowest BCUT2D eigenvalue weighted by molar-refractivity contribution is -0.133. The molecule has 2 heterocycles. The van der Waals surface area contributed by atoms with Crippen molar-refractivity contribution >= 4 is 11.6 Å². The van der Waals surface area contributed by atoms with Gasteiger partial charge in [-0.25, -0.2) is 0 Å². The second-order valence-corrected chi connectivity index (χ2v) is 6.18. The number of benzene rings is 1. The third kappa shape index (κ3) is 2.91. The second-order valence-electron chi connectivity index (χ2n) is 6.18. The normalized spacial score (nSPS) is 22.7. The zero-order chi connectivity index (χ0) is 14.8. The van der Waals surface area contributed by atoms with Gasteiger partial charge >= 0.3 is 0 Å². The number of piperazine rings is 1. The van der Waals surface area contributed by atoms with Crippen LogP contribution < -0.4 is 10.2 Å². The fourth-order valence-corrected chi connectivity index (χ4v) is 3.36. The Bertz CT molecular complexity index is 515. The SMILES string of the molecule is Cc1cccc(N2CCN(C(=O)[C@@H]3CCCN3)CC2)c1C. The summed E-state index contributed by atoms with van der Waals surface area (Å²) in [6.07, 6.45) is 2.12. The predicted octanol–water partition coefficient (Wildman–Crippen LogP) is 1.70. The Kier molecular flexibility index (Phi) is 4.15. The summed E-state index contributed by atoms with van der Waals surface area (Å²) < 4.78 is 0.